The molecule has 3 rings (SSSR count). The van der Waals surface area contributed by atoms with E-state index in [9.17, 15) is 4.39 Å². The highest BCUT2D eigenvalue weighted by Crippen LogP contribution is 2.30. The minimum absolute atomic E-state index is 0.0211. The minimum atomic E-state index is -0.216. The number of aryl methyl sites for hydroxylation is 1. The summed E-state index contributed by atoms with van der Waals surface area (Å²) in [5.74, 6) is 0.319. The third-order valence-corrected chi connectivity index (χ3v) is 4.46. The molecule has 0 spiro atoms. The molecule has 0 radical (unpaired) electrons. The molecule has 0 bridgehead atoms. The number of benzene rings is 1. The average molecular weight is 289 g/mol. The van der Waals surface area contributed by atoms with E-state index < -0.39 is 0 Å². The van der Waals surface area contributed by atoms with Gasteiger partial charge in [0.15, 0.2) is 5.96 Å². The molecule has 0 fully saturated rings. The average Bonchev–Trinajstić information content (AvgIpc) is 3.05. The SMILES string of the molecule is Cc1ccc(F)cc1C1CN=C(N)N1Cc1cccs1. The van der Waals surface area contributed by atoms with E-state index in [0.29, 0.717) is 19.0 Å². The molecule has 0 amide bonds. The van der Waals surface area contributed by atoms with Crippen molar-refractivity contribution in [2.24, 2.45) is 10.7 Å². The molecular formula is C15H16FN3S. The molecule has 0 saturated heterocycles. The van der Waals surface area contributed by atoms with Crippen molar-refractivity contribution in [2.45, 2.75) is 19.5 Å². The van der Waals surface area contributed by atoms with Crippen molar-refractivity contribution in [3.63, 3.8) is 0 Å². The summed E-state index contributed by atoms with van der Waals surface area (Å²) >= 11 is 1.69. The lowest BCUT2D eigenvalue weighted by Gasteiger charge is -2.27. The van der Waals surface area contributed by atoms with Gasteiger partial charge in [-0.25, -0.2) is 4.39 Å². The van der Waals surface area contributed by atoms with Gasteiger partial charge in [-0.15, -0.1) is 11.3 Å². The molecule has 1 unspecified atom stereocenters. The highest BCUT2D eigenvalue weighted by Gasteiger charge is 2.29. The van der Waals surface area contributed by atoms with E-state index in [1.54, 1.807) is 17.4 Å². The smallest absolute Gasteiger partial charge is 0.192 e. The van der Waals surface area contributed by atoms with Crippen LogP contribution in [-0.4, -0.2) is 17.4 Å². The molecule has 1 aliphatic heterocycles. The number of nitrogens with zero attached hydrogens (tertiary/aromatic N) is 2. The van der Waals surface area contributed by atoms with Gasteiger partial charge >= 0.3 is 0 Å². The Bertz CT molecular complexity index is 637. The summed E-state index contributed by atoms with van der Waals surface area (Å²) in [6, 6.07) is 9.00. The molecule has 1 aromatic carbocycles. The van der Waals surface area contributed by atoms with Crippen LogP contribution < -0.4 is 5.73 Å². The molecule has 2 N–H and O–H groups in total. The maximum absolute atomic E-state index is 13.5. The summed E-state index contributed by atoms with van der Waals surface area (Å²) in [7, 11) is 0. The standard InChI is InChI=1S/C15H16FN3S/c1-10-4-5-11(16)7-13(10)14-8-18-15(17)19(14)9-12-3-2-6-20-12/h2-7,14H,8-9H2,1H3,(H2,17,18). The first-order valence-corrected chi connectivity index (χ1v) is 7.38. The summed E-state index contributed by atoms with van der Waals surface area (Å²) in [5.41, 5.74) is 8.03. The van der Waals surface area contributed by atoms with Gasteiger partial charge in [-0.2, -0.15) is 0 Å². The van der Waals surface area contributed by atoms with E-state index in [2.05, 4.69) is 11.1 Å². The quantitative estimate of drug-likeness (QED) is 0.943. The van der Waals surface area contributed by atoms with Gasteiger partial charge in [-0.05, 0) is 41.6 Å². The van der Waals surface area contributed by atoms with Gasteiger partial charge in [0.1, 0.15) is 5.82 Å². The second-order valence-corrected chi connectivity index (χ2v) is 5.96. The number of hydrogen-bond donors (Lipinski definition) is 1. The lowest BCUT2D eigenvalue weighted by atomic mass is 10.0. The number of guanidine groups is 1. The Balaban J connectivity index is 1.90. The first kappa shape index (κ1) is 13.1. The van der Waals surface area contributed by atoms with Gasteiger partial charge in [0, 0.05) is 4.88 Å². The molecule has 1 atom stereocenters. The molecule has 1 aromatic heterocycles. The summed E-state index contributed by atoms with van der Waals surface area (Å²) in [5, 5.41) is 2.04. The van der Waals surface area contributed by atoms with Crippen LogP contribution >= 0.6 is 11.3 Å². The fourth-order valence-electron chi connectivity index (χ4n) is 2.53. The molecule has 0 saturated carbocycles. The number of nitrogens with two attached hydrogens (primary N) is 1. The van der Waals surface area contributed by atoms with Gasteiger partial charge < -0.3 is 10.6 Å². The van der Waals surface area contributed by atoms with Crippen LogP contribution in [0.2, 0.25) is 0 Å². The van der Waals surface area contributed by atoms with Crippen molar-refractivity contribution in [3.8, 4) is 0 Å². The number of thiophene rings is 1. The van der Waals surface area contributed by atoms with E-state index in [1.165, 1.54) is 10.9 Å². The molecule has 0 aliphatic carbocycles. The van der Waals surface area contributed by atoms with Crippen LogP contribution in [0.4, 0.5) is 4.39 Å². The van der Waals surface area contributed by atoms with E-state index >= 15 is 0 Å². The Hall–Kier alpha value is -1.88. The maximum atomic E-state index is 13.5. The van der Waals surface area contributed by atoms with Crippen molar-refractivity contribution in [1.29, 1.82) is 0 Å². The molecular weight excluding hydrogens is 273 g/mol. The second kappa shape index (κ2) is 5.25. The number of hydrogen-bond acceptors (Lipinski definition) is 4. The molecule has 2 aromatic rings. The van der Waals surface area contributed by atoms with Crippen LogP contribution in [0, 0.1) is 12.7 Å². The van der Waals surface area contributed by atoms with Crippen LogP contribution in [0.5, 0.6) is 0 Å². The fraction of sp³-hybridized carbons (Fsp3) is 0.267. The van der Waals surface area contributed by atoms with E-state index in [1.807, 2.05) is 29.3 Å². The third-order valence-electron chi connectivity index (χ3n) is 3.60. The summed E-state index contributed by atoms with van der Waals surface area (Å²) in [4.78, 5) is 7.60. The largest absolute Gasteiger partial charge is 0.370 e. The number of rotatable bonds is 3. The number of aliphatic imine (C=N–C) groups is 1. The minimum Gasteiger partial charge on any atom is -0.370 e. The van der Waals surface area contributed by atoms with Crippen molar-refractivity contribution in [2.75, 3.05) is 6.54 Å². The highest BCUT2D eigenvalue weighted by molar-refractivity contribution is 7.09. The molecule has 104 valence electrons. The zero-order valence-corrected chi connectivity index (χ0v) is 12.0. The van der Waals surface area contributed by atoms with Crippen LogP contribution in [0.15, 0.2) is 40.7 Å². The maximum Gasteiger partial charge on any atom is 0.192 e. The highest BCUT2D eigenvalue weighted by atomic mass is 32.1. The van der Waals surface area contributed by atoms with Crippen LogP contribution in [0.25, 0.3) is 0 Å². The first-order valence-electron chi connectivity index (χ1n) is 6.50. The van der Waals surface area contributed by atoms with Crippen molar-refractivity contribution in [3.05, 3.63) is 57.5 Å². The zero-order valence-electron chi connectivity index (χ0n) is 11.2. The monoisotopic (exact) mass is 289 g/mol. The van der Waals surface area contributed by atoms with Crippen LogP contribution in [0.1, 0.15) is 22.0 Å². The molecule has 5 heteroatoms. The van der Waals surface area contributed by atoms with E-state index in [-0.39, 0.29) is 11.9 Å². The normalized spacial score (nSPS) is 18.4. The van der Waals surface area contributed by atoms with Gasteiger partial charge in [-0.1, -0.05) is 12.1 Å². The molecule has 2 heterocycles. The summed E-state index contributed by atoms with van der Waals surface area (Å²) in [6.07, 6.45) is 0. The van der Waals surface area contributed by atoms with Gasteiger partial charge in [0.2, 0.25) is 0 Å². The molecule has 3 nitrogen and oxygen atoms in total. The van der Waals surface area contributed by atoms with Gasteiger partial charge in [0.05, 0.1) is 19.1 Å². The number of halogens is 1. The lowest BCUT2D eigenvalue weighted by molar-refractivity contribution is 0.341. The Kier molecular flexibility index (Phi) is 3.44. The zero-order chi connectivity index (χ0) is 14.1. The van der Waals surface area contributed by atoms with Crippen LogP contribution in [0.3, 0.4) is 0 Å². The molecule has 20 heavy (non-hydrogen) atoms. The Morgan fingerprint density at radius 3 is 3.05 bits per heavy atom. The lowest BCUT2D eigenvalue weighted by Crippen LogP contribution is -2.35. The van der Waals surface area contributed by atoms with Gasteiger partial charge in [0.25, 0.3) is 0 Å². The fourth-order valence-corrected chi connectivity index (χ4v) is 3.23. The topological polar surface area (TPSA) is 41.6 Å². The van der Waals surface area contributed by atoms with Crippen molar-refractivity contribution >= 4 is 17.3 Å². The van der Waals surface area contributed by atoms with Crippen molar-refractivity contribution < 1.29 is 4.39 Å². The summed E-state index contributed by atoms with van der Waals surface area (Å²) in [6.45, 7) is 3.29. The van der Waals surface area contributed by atoms with Gasteiger partial charge in [-0.3, -0.25) is 4.99 Å². The predicted octanol–water partition coefficient (Wildman–Crippen LogP) is 3.07. The van der Waals surface area contributed by atoms with Crippen molar-refractivity contribution in [1.82, 2.24) is 4.90 Å². The summed E-state index contributed by atoms with van der Waals surface area (Å²) < 4.78 is 13.5. The molecule has 1 aliphatic rings. The van der Waals surface area contributed by atoms with E-state index in [4.69, 9.17) is 5.73 Å². The second-order valence-electron chi connectivity index (χ2n) is 4.92. The Labute approximate surface area is 121 Å². The predicted molar refractivity (Wildman–Crippen MR) is 80.2 cm³/mol. The Morgan fingerprint density at radius 1 is 1.45 bits per heavy atom. The Morgan fingerprint density at radius 2 is 2.30 bits per heavy atom. The van der Waals surface area contributed by atoms with Crippen LogP contribution in [-0.2, 0) is 6.54 Å². The third kappa shape index (κ3) is 2.41. The first-order chi connectivity index (χ1) is 9.65. The van der Waals surface area contributed by atoms with E-state index in [0.717, 1.165) is 11.1 Å².